The Hall–Kier alpha value is -2.82. The van der Waals surface area contributed by atoms with Gasteiger partial charge in [0.1, 0.15) is 5.75 Å². The predicted molar refractivity (Wildman–Crippen MR) is 92.4 cm³/mol. The number of amides is 2. The number of hydrogen-bond donors (Lipinski definition) is 1. The van der Waals surface area contributed by atoms with E-state index in [1.165, 1.54) is 0 Å². The molecule has 0 radical (unpaired) electrons. The van der Waals surface area contributed by atoms with E-state index in [0.717, 1.165) is 23.3 Å². The monoisotopic (exact) mass is 324 g/mol. The largest absolute Gasteiger partial charge is 0.493 e. The Morgan fingerprint density at radius 1 is 1.12 bits per heavy atom. The highest BCUT2D eigenvalue weighted by Gasteiger charge is 2.15. The van der Waals surface area contributed by atoms with E-state index in [2.05, 4.69) is 5.32 Å². The Labute approximate surface area is 141 Å². The smallest absolute Gasteiger partial charge is 0.255 e. The molecule has 5 nitrogen and oxygen atoms in total. The lowest BCUT2D eigenvalue weighted by molar-refractivity contribution is -0.127. The molecule has 0 unspecified atom stereocenters. The molecule has 0 saturated heterocycles. The van der Waals surface area contributed by atoms with Gasteiger partial charge in [-0.25, -0.2) is 0 Å². The van der Waals surface area contributed by atoms with Gasteiger partial charge in [0, 0.05) is 31.8 Å². The minimum absolute atomic E-state index is 0.0483. The maximum Gasteiger partial charge on any atom is 0.255 e. The van der Waals surface area contributed by atoms with Crippen molar-refractivity contribution in [2.24, 2.45) is 0 Å². The summed E-state index contributed by atoms with van der Waals surface area (Å²) in [6, 6.07) is 12.8. The molecule has 1 heterocycles. The van der Waals surface area contributed by atoms with E-state index in [4.69, 9.17) is 4.74 Å². The highest BCUT2D eigenvalue weighted by Crippen LogP contribution is 2.26. The van der Waals surface area contributed by atoms with Gasteiger partial charge in [0.25, 0.3) is 5.91 Å². The van der Waals surface area contributed by atoms with Crippen molar-refractivity contribution in [3.8, 4) is 5.75 Å². The first-order valence-electron chi connectivity index (χ1n) is 7.89. The van der Waals surface area contributed by atoms with E-state index in [1.54, 1.807) is 25.1 Å². The number of hydrogen-bond acceptors (Lipinski definition) is 3. The number of fused-ring (bicyclic) bond motifs is 1. The number of carbonyl (C=O) groups excluding carboxylic acids is 2. The van der Waals surface area contributed by atoms with Crippen LogP contribution in [0, 0.1) is 0 Å². The van der Waals surface area contributed by atoms with Gasteiger partial charge < -0.3 is 15.0 Å². The van der Waals surface area contributed by atoms with Gasteiger partial charge in [-0.2, -0.15) is 0 Å². The minimum atomic E-state index is -0.151. The zero-order chi connectivity index (χ0) is 17.1. The number of ether oxygens (including phenoxy) is 1. The van der Waals surface area contributed by atoms with E-state index in [0.29, 0.717) is 24.3 Å². The zero-order valence-electron chi connectivity index (χ0n) is 13.8. The first-order valence-corrected chi connectivity index (χ1v) is 7.89. The summed E-state index contributed by atoms with van der Waals surface area (Å²) < 4.78 is 5.45. The lowest BCUT2D eigenvalue weighted by Crippen LogP contribution is -2.23. The standard InChI is InChI=1S/C19H20N2O3/c1-21(2)18(22)11-13-3-6-16(7-4-13)20-19(23)15-5-8-17-14(12-15)9-10-24-17/h3-8,12H,9-11H2,1-2H3,(H,20,23). The van der Waals surface area contributed by atoms with Crippen LogP contribution in [-0.4, -0.2) is 37.4 Å². The lowest BCUT2D eigenvalue weighted by Gasteiger charge is -2.11. The van der Waals surface area contributed by atoms with Crippen molar-refractivity contribution in [3.05, 3.63) is 59.2 Å². The van der Waals surface area contributed by atoms with Crippen molar-refractivity contribution in [3.63, 3.8) is 0 Å². The molecule has 0 spiro atoms. The molecular formula is C19H20N2O3. The van der Waals surface area contributed by atoms with E-state index in [1.807, 2.05) is 36.4 Å². The van der Waals surface area contributed by atoms with Gasteiger partial charge in [-0.15, -0.1) is 0 Å². The maximum absolute atomic E-state index is 12.4. The summed E-state index contributed by atoms with van der Waals surface area (Å²) in [6.45, 7) is 0.674. The normalized spacial score (nSPS) is 12.2. The third kappa shape index (κ3) is 3.56. The number of nitrogens with zero attached hydrogens (tertiary/aromatic N) is 1. The van der Waals surface area contributed by atoms with Gasteiger partial charge in [-0.05, 0) is 41.5 Å². The van der Waals surface area contributed by atoms with Crippen molar-refractivity contribution in [1.82, 2.24) is 4.90 Å². The second kappa shape index (κ2) is 6.74. The predicted octanol–water partition coefficient (Wildman–Crippen LogP) is 2.50. The summed E-state index contributed by atoms with van der Waals surface area (Å²) in [4.78, 5) is 25.6. The van der Waals surface area contributed by atoms with Crippen LogP contribution in [0.4, 0.5) is 5.69 Å². The summed E-state index contributed by atoms with van der Waals surface area (Å²) >= 11 is 0. The van der Waals surface area contributed by atoms with Crippen LogP contribution in [0.15, 0.2) is 42.5 Å². The number of likely N-dealkylation sites (N-methyl/N-ethyl adjacent to an activating group) is 1. The summed E-state index contributed by atoms with van der Waals surface area (Å²) in [5.41, 5.74) is 3.31. The molecule has 3 rings (SSSR count). The molecule has 2 aromatic rings. The van der Waals surface area contributed by atoms with Crippen LogP contribution < -0.4 is 10.1 Å². The fourth-order valence-corrected chi connectivity index (χ4v) is 2.57. The summed E-state index contributed by atoms with van der Waals surface area (Å²) in [5.74, 6) is 0.760. The van der Waals surface area contributed by atoms with Crippen molar-refractivity contribution in [2.75, 3.05) is 26.0 Å². The molecule has 1 aliphatic heterocycles. The van der Waals surface area contributed by atoms with E-state index in [9.17, 15) is 9.59 Å². The Morgan fingerprint density at radius 3 is 2.58 bits per heavy atom. The first-order chi connectivity index (χ1) is 11.5. The topological polar surface area (TPSA) is 58.6 Å². The maximum atomic E-state index is 12.4. The Balaban J connectivity index is 1.65. The Bertz CT molecular complexity index is 767. The van der Waals surface area contributed by atoms with Crippen LogP contribution in [0.1, 0.15) is 21.5 Å². The quantitative estimate of drug-likeness (QED) is 0.940. The molecule has 0 fully saturated rings. The first kappa shape index (κ1) is 16.1. The van der Waals surface area contributed by atoms with Crippen LogP contribution in [0.3, 0.4) is 0 Å². The number of nitrogens with one attached hydrogen (secondary N) is 1. The van der Waals surface area contributed by atoms with Crippen LogP contribution >= 0.6 is 0 Å². The number of rotatable bonds is 4. The molecule has 0 aromatic heterocycles. The van der Waals surface area contributed by atoms with Crippen LogP contribution in [0.2, 0.25) is 0 Å². The molecule has 5 heteroatoms. The van der Waals surface area contributed by atoms with Gasteiger partial charge in [-0.1, -0.05) is 12.1 Å². The Kier molecular flexibility index (Phi) is 4.51. The van der Waals surface area contributed by atoms with E-state index < -0.39 is 0 Å². The summed E-state index contributed by atoms with van der Waals surface area (Å²) in [5, 5.41) is 2.88. The van der Waals surface area contributed by atoms with E-state index in [-0.39, 0.29) is 11.8 Å². The highest BCUT2D eigenvalue weighted by atomic mass is 16.5. The molecule has 0 atom stereocenters. The molecule has 24 heavy (non-hydrogen) atoms. The summed E-state index contributed by atoms with van der Waals surface area (Å²) in [7, 11) is 3.47. The lowest BCUT2D eigenvalue weighted by atomic mass is 10.1. The van der Waals surface area contributed by atoms with Gasteiger partial charge >= 0.3 is 0 Å². The highest BCUT2D eigenvalue weighted by molar-refractivity contribution is 6.04. The van der Waals surface area contributed by atoms with Gasteiger partial charge in [0.05, 0.1) is 13.0 Å². The molecule has 0 saturated carbocycles. The minimum Gasteiger partial charge on any atom is -0.493 e. The molecule has 124 valence electrons. The number of carbonyl (C=O) groups is 2. The molecule has 0 aliphatic carbocycles. The average molecular weight is 324 g/mol. The third-order valence-electron chi connectivity index (χ3n) is 4.02. The zero-order valence-corrected chi connectivity index (χ0v) is 13.8. The van der Waals surface area contributed by atoms with Crippen molar-refractivity contribution in [1.29, 1.82) is 0 Å². The van der Waals surface area contributed by atoms with Crippen LogP contribution in [0.25, 0.3) is 0 Å². The SMILES string of the molecule is CN(C)C(=O)Cc1ccc(NC(=O)c2ccc3c(c2)CCO3)cc1. The molecule has 0 bridgehead atoms. The molecule has 2 amide bonds. The van der Waals surface area contributed by atoms with E-state index >= 15 is 0 Å². The van der Waals surface area contributed by atoms with Crippen molar-refractivity contribution < 1.29 is 14.3 Å². The van der Waals surface area contributed by atoms with Crippen molar-refractivity contribution >= 4 is 17.5 Å². The van der Waals surface area contributed by atoms with Gasteiger partial charge in [0.15, 0.2) is 0 Å². The van der Waals surface area contributed by atoms with Crippen molar-refractivity contribution in [2.45, 2.75) is 12.8 Å². The third-order valence-corrected chi connectivity index (χ3v) is 4.02. The molecule has 2 aromatic carbocycles. The molecule has 1 N–H and O–H groups in total. The average Bonchev–Trinajstić information content (AvgIpc) is 3.04. The summed E-state index contributed by atoms with van der Waals surface area (Å²) in [6.07, 6.45) is 1.19. The second-order valence-corrected chi connectivity index (χ2v) is 6.04. The fourth-order valence-electron chi connectivity index (χ4n) is 2.57. The molecule has 1 aliphatic rings. The van der Waals surface area contributed by atoms with Gasteiger partial charge in [-0.3, -0.25) is 9.59 Å². The molecular weight excluding hydrogens is 304 g/mol. The number of benzene rings is 2. The fraction of sp³-hybridized carbons (Fsp3) is 0.263. The van der Waals surface area contributed by atoms with Crippen LogP contribution in [0.5, 0.6) is 5.75 Å². The van der Waals surface area contributed by atoms with Gasteiger partial charge in [0.2, 0.25) is 5.91 Å². The van der Waals surface area contributed by atoms with Crippen LogP contribution in [-0.2, 0) is 17.6 Å². The second-order valence-electron chi connectivity index (χ2n) is 6.04. The Morgan fingerprint density at radius 2 is 1.88 bits per heavy atom. The number of anilines is 1.